The Morgan fingerprint density at radius 3 is 0.739 bits per heavy atom. The molecule has 5 atom stereocenters. The number of esters is 4. The molecule has 0 heterocycles. The lowest BCUT2D eigenvalue weighted by atomic mass is 10.0. The molecule has 0 rings (SSSR count). The van der Waals surface area contributed by atoms with Gasteiger partial charge in [0.2, 0.25) is 0 Å². The van der Waals surface area contributed by atoms with Crippen molar-refractivity contribution in [3.05, 3.63) is 0 Å². The first-order chi connectivity index (χ1) is 44.4. The molecule has 0 aromatic rings. The van der Waals surface area contributed by atoms with Crippen LogP contribution in [0.4, 0.5) is 0 Å². The van der Waals surface area contributed by atoms with Crippen molar-refractivity contribution in [2.24, 2.45) is 11.8 Å². The van der Waals surface area contributed by atoms with Crippen LogP contribution in [0.25, 0.3) is 0 Å². The maximum atomic E-state index is 13.1. The lowest BCUT2D eigenvalue weighted by Gasteiger charge is -2.21. The molecular weight excluding hydrogens is 1210 g/mol. The van der Waals surface area contributed by atoms with Crippen molar-refractivity contribution in [1.82, 2.24) is 0 Å². The summed E-state index contributed by atoms with van der Waals surface area (Å²) in [7, 11) is -9.90. The smallest absolute Gasteiger partial charge is 0.462 e. The van der Waals surface area contributed by atoms with Crippen LogP contribution < -0.4 is 0 Å². The van der Waals surface area contributed by atoms with Crippen LogP contribution in [0.15, 0.2) is 0 Å². The molecule has 0 radical (unpaired) electrons. The number of carbonyl (C=O) groups is 4. The molecular formula is C73H142O17P2. The minimum atomic E-state index is -4.95. The highest BCUT2D eigenvalue weighted by Gasteiger charge is 2.30. The summed E-state index contributed by atoms with van der Waals surface area (Å²) in [5.74, 6) is -0.560. The van der Waals surface area contributed by atoms with E-state index in [1.165, 1.54) is 186 Å². The molecule has 0 aromatic carbocycles. The Kier molecular flexibility index (Phi) is 63.7. The molecule has 92 heavy (non-hydrogen) atoms. The zero-order valence-electron chi connectivity index (χ0n) is 59.9. The number of hydrogen-bond acceptors (Lipinski definition) is 15. The summed E-state index contributed by atoms with van der Waals surface area (Å²) in [6, 6.07) is 0. The van der Waals surface area contributed by atoms with E-state index in [2.05, 4.69) is 41.5 Å². The number of aliphatic hydroxyl groups is 1. The minimum absolute atomic E-state index is 0.107. The van der Waals surface area contributed by atoms with Gasteiger partial charge >= 0.3 is 39.5 Å². The van der Waals surface area contributed by atoms with Crippen molar-refractivity contribution >= 4 is 39.5 Å². The summed E-state index contributed by atoms with van der Waals surface area (Å²) in [4.78, 5) is 72.6. The molecule has 0 aliphatic heterocycles. The van der Waals surface area contributed by atoms with Gasteiger partial charge in [-0.3, -0.25) is 37.3 Å². The second kappa shape index (κ2) is 65.0. The van der Waals surface area contributed by atoms with Gasteiger partial charge in [-0.1, -0.05) is 324 Å². The third-order valence-electron chi connectivity index (χ3n) is 17.0. The highest BCUT2D eigenvalue weighted by molar-refractivity contribution is 7.47. The Morgan fingerprint density at radius 1 is 0.293 bits per heavy atom. The molecule has 19 heteroatoms. The molecule has 2 unspecified atom stereocenters. The Hall–Kier alpha value is -1.94. The van der Waals surface area contributed by atoms with E-state index >= 15 is 0 Å². The fraction of sp³-hybridized carbons (Fsp3) is 0.945. The summed E-state index contributed by atoms with van der Waals surface area (Å²) in [6.45, 7) is 9.57. The van der Waals surface area contributed by atoms with Crippen molar-refractivity contribution in [3.63, 3.8) is 0 Å². The molecule has 546 valence electrons. The third kappa shape index (κ3) is 66.7. The monoisotopic (exact) mass is 1350 g/mol. The van der Waals surface area contributed by atoms with Crippen molar-refractivity contribution in [2.75, 3.05) is 39.6 Å². The normalized spacial score (nSPS) is 14.1. The second-order valence-corrected chi connectivity index (χ2v) is 30.2. The number of aliphatic hydroxyl groups excluding tert-OH is 1. The van der Waals surface area contributed by atoms with Gasteiger partial charge in [0.25, 0.3) is 0 Å². The topological polar surface area (TPSA) is 237 Å². The lowest BCUT2D eigenvalue weighted by molar-refractivity contribution is -0.161. The third-order valence-corrected chi connectivity index (χ3v) is 18.9. The Balaban J connectivity index is 5.21. The number of hydrogen-bond donors (Lipinski definition) is 3. The molecule has 0 spiro atoms. The molecule has 0 saturated carbocycles. The average Bonchev–Trinajstić information content (AvgIpc) is 2.91. The van der Waals surface area contributed by atoms with Crippen LogP contribution in [-0.4, -0.2) is 96.7 Å². The molecule has 0 aliphatic rings. The van der Waals surface area contributed by atoms with Crippen LogP contribution in [-0.2, 0) is 65.4 Å². The number of ether oxygens (including phenoxy) is 4. The van der Waals surface area contributed by atoms with E-state index in [0.29, 0.717) is 25.7 Å². The van der Waals surface area contributed by atoms with Gasteiger partial charge in [-0.2, -0.15) is 0 Å². The van der Waals surface area contributed by atoms with Gasteiger partial charge in [-0.05, 0) is 37.5 Å². The standard InChI is InChI=1S/C73H142O17P2/c1-7-9-11-13-15-17-18-22-26-33-39-45-51-57-72(77)89-68(61-83-70(75)55-49-43-37-16-14-12-10-8-2)63-87-91(79,80)85-59-67(74)60-86-92(81,82)88-64-69(62-84-71(76)56-50-44-38-32-29-28-31-36-42-48-54-66(5)6)90-73(78)58-52-46-40-34-27-24-21-19-20-23-25-30-35-41-47-53-65(3)4/h65-69,74H,7-64H2,1-6H3,(H,79,80)(H,81,82)/t67-,68+,69+/m0/s1. The lowest BCUT2D eigenvalue weighted by Crippen LogP contribution is -2.30. The SMILES string of the molecule is CCCCCCCCCCCCCCCC(=O)O[C@H](COC(=O)CCCCCCCCCC)COP(=O)(O)OC[C@H](O)COP(=O)(O)OC[C@@H](COC(=O)CCCCCCCCCCCCC(C)C)OC(=O)CCCCCCCCCCCCCCCCCC(C)C. The van der Waals surface area contributed by atoms with Crippen LogP contribution in [0.5, 0.6) is 0 Å². The van der Waals surface area contributed by atoms with Crippen LogP contribution >= 0.6 is 15.6 Å². The fourth-order valence-electron chi connectivity index (χ4n) is 11.1. The summed E-state index contributed by atoms with van der Waals surface area (Å²) in [5, 5.41) is 10.6. The molecule has 17 nitrogen and oxygen atoms in total. The average molecular weight is 1350 g/mol. The van der Waals surface area contributed by atoms with E-state index in [0.717, 1.165) is 108 Å². The summed E-state index contributed by atoms with van der Waals surface area (Å²) >= 11 is 0. The van der Waals surface area contributed by atoms with E-state index < -0.39 is 97.5 Å². The van der Waals surface area contributed by atoms with Crippen molar-refractivity contribution in [2.45, 2.75) is 394 Å². The van der Waals surface area contributed by atoms with E-state index in [9.17, 15) is 43.2 Å². The molecule has 0 fully saturated rings. The van der Waals surface area contributed by atoms with Crippen LogP contribution in [0.3, 0.4) is 0 Å². The number of rotatable bonds is 72. The Labute approximate surface area is 562 Å². The van der Waals surface area contributed by atoms with Gasteiger partial charge in [0, 0.05) is 25.7 Å². The van der Waals surface area contributed by atoms with Crippen molar-refractivity contribution < 1.29 is 80.2 Å². The highest BCUT2D eigenvalue weighted by atomic mass is 31.2. The number of carbonyl (C=O) groups excluding carboxylic acids is 4. The van der Waals surface area contributed by atoms with Crippen molar-refractivity contribution in [3.8, 4) is 0 Å². The minimum Gasteiger partial charge on any atom is -0.462 e. The van der Waals surface area contributed by atoms with E-state index in [1.54, 1.807) is 0 Å². The summed E-state index contributed by atoms with van der Waals surface area (Å²) in [6.07, 6.45) is 51.3. The quantitative estimate of drug-likeness (QED) is 0.0222. The Morgan fingerprint density at radius 2 is 0.500 bits per heavy atom. The first-order valence-electron chi connectivity index (χ1n) is 38.0. The number of phosphoric acid groups is 2. The maximum Gasteiger partial charge on any atom is 0.472 e. The first-order valence-corrected chi connectivity index (χ1v) is 41.0. The molecule has 0 aliphatic carbocycles. The molecule has 0 saturated heterocycles. The largest absolute Gasteiger partial charge is 0.472 e. The molecule has 0 amide bonds. The zero-order valence-corrected chi connectivity index (χ0v) is 61.6. The predicted octanol–water partition coefficient (Wildman–Crippen LogP) is 21.2. The fourth-order valence-corrected chi connectivity index (χ4v) is 12.7. The number of unbranched alkanes of at least 4 members (excludes halogenated alkanes) is 42. The molecule has 0 bridgehead atoms. The van der Waals surface area contributed by atoms with Crippen LogP contribution in [0, 0.1) is 11.8 Å². The van der Waals surface area contributed by atoms with Crippen LogP contribution in [0.2, 0.25) is 0 Å². The van der Waals surface area contributed by atoms with Crippen LogP contribution in [0.1, 0.15) is 375 Å². The van der Waals surface area contributed by atoms with Crippen molar-refractivity contribution in [1.29, 1.82) is 0 Å². The number of phosphoric ester groups is 2. The van der Waals surface area contributed by atoms with Gasteiger partial charge in [-0.15, -0.1) is 0 Å². The van der Waals surface area contributed by atoms with Gasteiger partial charge in [0.15, 0.2) is 12.2 Å². The van der Waals surface area contributed by atoms with Gasteiger partial charge in [0.1, 0.15) is 19.3 Å². The summed E-state index contributed by atoms with van der Waals surface area (Å²) in [5.41, 5.74) is 0. The van der Waals surface area contributed by atoms with E-state index in [4.69, 9.17) is 37.0 Å². The zero-order chi connectivity index (χ0) is 67.9. The summed E-state index contributed by atoms with van der Waals surface area (Å²) < 4.78 is 68.3. The highest BCUT2D eigenvalue weighted by Crippen LogP contribution is 2.45. The maximum absolute atomic E-state index is 13.1. The Bertz CT molecular complexity index is 1790. The van der Waals surface area contributed by atoms with Gasteiger partial charge < -0.3 is 33.8 Å². The van der Waals surface area contributed by atoms with E-state index in [1.807, 2.05) is 0 Å². The first kappa shape index (κ1) is 90.1. The van der Waals surface area contributed by atoms with Gasteiger partial charge in [-0.25, -0.2) is 9.13 Å². The van der Waals surface area contributed by atoms with Gasteiger partial charge in [0.05, 0.1) is 26.4 Å². The van der Waals surface area contributed by atoms with E-state index in [-0.39, 0.29) is 25.7 Å². The predicted molar refractivity (Wildman–Crippen MR) is 372 cm³/mol. The molecule has 0 aromatic heterocycles. The second-order valence-electron chi connectivity index (χ2n) is 27.3. The molecule has 3 N–H and O–H groups in total.